The van der Waals surface area contributed by atoms with E-state index in [2.05, 4.69) is 47.8 Å². The van der Waals surface area contributed by atoms with E-state index in [1.54, 1.807) is 42.5 Å². The van der Waals surface area contributed by atoms with Crippen LogP contribution in [0.15, 0.2) is 89.4 Å². The fourth-order valence-electron chi connectivity index (χ4n) is 3.05. The topological polar surface area (TPSA) is 44.7 Å². The van der Waals surface area contributed by atoms with Crippen LogP contribution in [-0.4, -0.2) is 19.3 Å². The predicted octanol–water partition coefficient (Wildman–Crippen LogP) is 10.7. The quantitative estimate of drug-likeness (QED) is 0.181. The summed E-state index contributed by atoms with van der Waals surface area (Å²) in [4.78, 5) is 0. The van der Waals surface area contributed by atoms with Gasteiger partial charge in [0.1, 0.15) is 41.0 Å². The van der Waals surface area contributed by atoms with Gasteiger partial charge in [0.05, 0.1) is 37.4 Å². The normalized spacial score (nSPS) is 11.2. The van der Waals surface area contributed by atoms with Gasteiger partial charge in [-0.1, -0.05) is 7.43 Å². The van der Waals surface area contributed by atoms with Crippen LogP contribution in [0.25, 0.3) is 21.9 Å². The molecule has 5 rings (SSSR count). The number of fused-ring (bicyclic) bond motifs is 2. The highest BCUT2D eigenvalue weighted by molar-refractivity contribution is 9.11. The van der Waals surface area contributed by atoms with Gasteiger partial charge in [-0.25, -0.2) is 13.2 Å². The Hall–Kier alpha value is -2.27. The number of hydrogen-bond donors (Lipinski definition) is 0. The molecule has 10 heteroatoms. The molecule has 0 bridgehead atoms. The molecule has 0 aliphatic heterocycles. The lowest BCUT2D eigenvalue weighted by molar-refractivity contribution is 0.0401. The van der Waals surface area contributed by atoms with Gasteiger partial charge in [-0.3, -0.25) is 0 Å². The van der Waals surface area contributed by atoms with Crippen molar-refractivity contribution in [3.8, 4) is 5.75 Å². The molecule has 0 spiro atoms. The number of halogens is 6. The molecule has 0 radical (unpaired) electrons. The molecule has 0 aliphatic rings. The maximum atomic E-state index is 13.1. The van der Waals surface area contributed by atoms with Gasteiger partial charge in [0.15, 0.2) is 0 Å². The molecule has 4 nitrogen and oxygen atoms in total. The zero-order valence-electron chi connectivity index (χ0n) is 19.7. The van der Waals surface area contributed by atoms with Crippen LogP contribution in [0.3, 0.4) is 0 Å². The first kappa shape index (κ1) is 31.9. The Balaban J connectivity index is 0.000000200. The molecule has 38 heavy (non-hydrogen) atoms. The van der Waals surface area contributed by atoms with Gasteiger partial charge >= 0.3 is 0 Å². The van der Waals surface area contributed by atoms with Crippen LogP contribution < -0.4 is 4.74 Å². The standard InChI is InChI=1S/C11H14BrFO2.2C8H4BrFO.CH4/c1-3-14-8(2)7-15-9-4-5-10(12)11(13)6-9;9-6-3-5-1-2-11-8(5)4-7(6)10;9-6-1-2-7-5(8(6)10)3-4-11-7;/h4-6,8H,3,7H2,1-2H3;2*1-4H;1H4. The highest BCUT2D eigenvalue weighted by Crippen LogP contribution is 2.25. The Labute approximate surface area is 244 Å². The van der Waals surface area contributed by atoms with E-state index in [0.717, 1.165) is 5.39 Å². The van der Waals surface area contributed by atoms with Crippen LogP contribution >= 0.6 is 47.8 Å². The second-order valence-corrected chi connectivity index (χ2v) is 10.1. The third-order valence-corrected chi connectivity index (χ3v) is 6.71. The molecule has 204 valence electrons. The van der Waals surface area contributed by atoms with E-state index < -0.39 is 0 Å². The molecule has 5 aromatic rings. The summed E-state index contributed by atoms with van der Waals surface area (Å²) in [6, 6.07) is 14.5. The van der Waals surface area contributed by atoms with Crippen molar-refractivity contribution in [2.75, 3.05) is 13.2 Å². The van der Waals surface area contributed by atoms with Crippen molar-refractivity contribution in [1.82, 2.24) is 0 Å². The molecule has 2 aromatic heterocycles. The number of ether oxygens (including phenoxy) is 2. The lowest BCUT2D eigenvalue weighted by atomic mass is 10.2. The molecule has 0 saturated heterocycles. The Bertz CT molecular complexity index is 1420. The molecule has 0 aliphatic carbocycles. The van der Waals surface area contributed by atoms with E-state index in [0.29, 0.717) is 48.9 Å². The molecule has 2 heterocycles. The molecule has 0 fully saturated rings. The van der Waals surface area contributed by atoms with Crippen LogP contribution in [0, 0.1) is 17.5 Å². The monoisotopic (exact) mass is 720 g/mol. The van der Waals surface area contributed by atoms with E-state index in [4.69, 9.17) is 18.3 Å². The number of rotatable bonds is 5. The van der Waals surface area contributed by atoms with Crippen molar-refractivity contribution >= 4 is 69.7 Å². The second-order valence-electron chi connectivity index (χ2n) is 7.57. The molecule has 3 aromatic carbocycles. The second kappa shape index (κ2) is 15.4. The van der Waals surface area contributed by atoms with Gasteiger partial charge < -0.3 is 18.3 Å². The third-order valence-electron chi connectivity index (χ3n) is 4.84. The van der Waals surface area contributed by atoms with E-state index in [-0.39, 0.29) is 31.0 Å². The minimum absolute atomic E-state index is 0. The van der Waals surface area contributed by atoms with E-state index in [1.165, 1.54) is 24.7 Å². The van der Waals surface area contributed by atoms with Gasteiger partial charge in [0.2, 0.25) is 0 Å². The number of benzene rings is 3. The number of furan rings is 2. The Morgan fingerprint density at radius 2 is 1.45 bits per heavy atom. The zero-order chi connectivity index (χ0) is 26.9. The highest BCUT2D eigenvalue weighted by atomic mass is 79.9. The highest BCUT2D eigenvalue weighted by Gasteiger charge is 2.06. The minimum atomic E-state index is -0.323. The van der Waals surface area contributed by atoms with Gasteiger partial charge in [-0.2, -0.15) is 0 Å². The number of hydrogen-bond acceptors (Lipinski definition) is 4. The maximum absolute atomic E-state index is 13.1. The first-order valence-electron chi connectivity index (χ1n) is 11.0. The van der Waals surface area contributed by atoms with Crippen LogP contribution in [0.5, 0.6) is 5.75 Å². The van der Waals surface area contributed by atoms with Crippen molar-refractivity contribution in [3.05, 3.63) is 98.0 Å². The fraction of sp³-hybridized carbons (Fsp3) is 0.214. The third kappa shape index (κ3) is 8.90. The average Bonchev–Trinajstić information content (AvgIpc) is 3.53. The van der Waals surface area contributed by atoms with E-state index >= 15 is 0 Å². The lowest BCUT2D eigenvalue weighted by Gasteiger charge is -2.13. The first-order valence-corrected chi connectivity index (χ1v) is 13.4. The Morgan fingerprint density at radius 1 is 0.789 bits per heavy atom. The summed E-state index contributed by atoms with van der Waals surface area (Å²) < 4.78 is 61.0. The van der Waals surface area contributed by atoms with E-state index in [1.807, 2.05) is 13.8 Å². The summed E-state index contributed by atoms with van der Waals surface area (Å²) in [5.41, 5.74) is 1.15. The molecule has 1 atom stereocenters. The molecular formula is C28H26Br3F3O4. The minimum Gasteiger partial charge on any atom is -0.491 e. The SMILES string of the molecule is C.CCOC(C)COc1ccc(Br)c(F)c1.Fc1c(Br)ccc2occc12.Fc1cc2occc2cc1Br. The Morgan fingerprint density at radius 3 is 2.16 bits per heavy atom. The summed E-state index contributed by atoms with van der Waals surface area (Å²) in [6.45, 7) is 4.92. The van der Waals surface area contributed by atoms with Crippen LogP contribution in [0.2, 0.25) is 0 Å². The molecule has 1 unspecified atom stereocenters. The molecular weight excluding hydrogens is 697 g/mol. The maximum Gasteiger partial charge on any atom is 0.148 e. The van der Waals surface area contributed by atoms with Crippen LogP contribution in [-0.2, 0) is 4.74 Å². The van der Waals surface area contributed by atoms with Crippen molar-refractivity contribution in [2.24, 2.45) is 0 Å². The first-order chi connectivity index (χ1) is 17.7. The lowest BCUT2D eigenvalue weighted by Crippen LogP contribution is -2.17. The Kier molecular flexibility index (Phi) is 12.9. The summed E-state index contributed by atoms with van der Waals surface area (Å²) >= 11 is 9.25. The molecule has 0 N–H and O–H groups in total. The van der Waals surface area contributed by atoms with Crippen molar-refractivity contribution < 1.29 is 31.5 Å². The van der Waals surface area contributed by atoms with Crippen molar-refractivity contribution in [3.63, 3.8) is 0 Å². The van der Waals surface area contributed by atoms with Gasteiger partial charge in [-0.15, -0.1) is 0 Å². The van der Waals surface area contributed by atoms with Crippen molar-refractivity contribution in [2.45, 2.75) is 27.4 Å². The van der Waals surface area contributed by atoms with Gasteiger partial charge in [0, 0.05) is 24.1 Å². The fourth-order valence-corrected chi connectivity index (χ4v) is 4.01. The van der Waals surface area contributed by atoms with Crippen LogP contribution in [0.1, 0.15) is 21.3 Å². The molecule has 0 saturated carbocycles. The summed E-state index contributed by atoms with van der Waals surface area (Å²) in [7, 11) is 0. The van der Waals surface area contributed by atoms with Crippen LogP contribution in [0.4, 0.5) is 13.2 Å². The average molecular weight is 723 g/mol. The largest absolute Gasteiger partial charge is 0.491 e. The molecule has 0 amide bonds. The summed E-state index contributed by atoms with van der Waals surface area (Å²) in [5.74, 6) is -0.373. The summed E-state index contributed by atoms with van der Waals surface area (Å²) in [5, 5.41) is 1.41. The van der Waals surface area contributed by atoms with E-state index in [9.17, 15) is 13.2 Å². The zero-order valence-corrected chi connectivity index (χ0v) is 24.5. The summed E-state index contributed by atoms with van der Waals surface area (Å²) in [6.07, 6.45) is 3.03. The smallest absolute Gasteiger partial charge is 0.148 e. The predicted molar refractivity (Wildman–Crippen MR) is 155 cm³/mol. The van der Waals surface area contributed by atoms with Gasteiger partial charge in [0.25, 0.3) is 0 Å². The van der Waals surface area contributed by atoms with Gasteiger partial charge in [-0.05, 0) is 104 Å². The van der Waals surface area contributed by atoms with Crippen molar-refractivity contribution in [1.29, 1.82) is 0 Å².